The number of likely N-dealkylation sites (tertiary alicyclic amines) is 2. The average molecular weight is 975 g/mol. The van der Waals surface area contributed by atoms with Crippen molar-refractivity contribution in [2.24, 2.45) is 0 Å². The zero-order valence-electron chi connectivity index (χ0n) is 41.5. The molecule has 18 heteroatoms. The van der Waals surface area contributed by atoms with Crippen molar-refractivity contribution >= 4 is 35.4 Å². The fraction of sp³-hybridized carbons (Fsp3) is 0.577. The van der Waals surface area contributed by atoms with Crippen LogP contribution < -0.4 is 21.3 Å². The first kappa shape index (κ1) is 56.7. The van der Waals surface area contributed by atoms with Crippen molar-refractivity contribution in [2.75, 3.05) is 79.9 Å². The highest BCUT2D eigenvalue weighted by atomic mass is 19.1. The van der Waals surface area contributed by atoms with E-state index in [1.54, 1.807) is 51.6 Å². The van der Waals surface area contributed by atoms with Gasteiger partial charge in [-0.25, -0.2) is 8.78 Å². The zero-order valence-corrected chi connectivity index (χ0v) is 41.5. The van der Waals surface area contributed by atoms with E-state index in [-0.39, 0.29) is 51.2 Å². The van der Waals surface area contributed by atoms with E-state index in [9.17, 15) is 37.5 Å². The molecule has 6 amide bonds. The number of hydrogen-bond donors (Lipinski definition) is 4. The summed E-state index contributed by atoms with van der Waals surface area (Å²) in [6.45, 7) is 5.72. The maximum absolute atomic E-state index is 14.2. The van der Waals surface area contributed by atoms with Crippen molar-refractivity contribution < 1.29 is 47.0 Å². The lowest BCUT2D eigenvalue weighted by molar-refractivity contribution is -0.143. The fourth-order valence-electron chi connectivity index (χ4n) is 8.40. The average Bonchev–Trinajstić information content (AvgIpc) is 4.06. The van der Waals surface area contributed by atoms with Crippen LogP contribution in [-0.4, -0.2) is 183 Å². The van der Waals surface area contributed by atoms with E-state index in [1.807, 2.05) is 60.7 Å². The number of carbonyl (C=O) groups excluding carboxylic acids is 6. The molecule has 2 aliphatic heterocycles. The van der Waals surface area contributed by atoms with Crippen molar-refractivity contribution in [3.8, 4) is 23.7 Å². The van der Waals surface area contributed by atoms with Gasteiger partial charge in [0.15, 0.2) is 13.3 Å². The normalized spacial score (nSPS) is 17.9. The first-order chi connectivity index (χ1) is 33.7. The second-order valence-corrected chi connectivity index (χ2v) is 17.7. The van der Waals surface area contributed by atoms with Crippen LogP contribution in [0.15, 0.2) is 60.7 Å². The smallest absolute Gasteiger partial charge is 0.254 e. The van der Waals surface area contributed by atoms with Crippen LogP contribution in [0.4, 0.5) is 8.78 Å². The summed E-state index contributed by atoms with van der Waals surface area (Å²) in [5.41, 5.74) is 2.00. The van der Waals surface area contributed by atoms with E-state index in [4.69, 9.17) is 9.47 Å². The van der Waals surface area contributed by atoms with Crippen LogP contribution in [-0.2, 0) is 51.1 Å². The van der Waals surface area contributed by atoms with Crippen molar-refractivity contribution in [1.82, 2.24) is 40.9 Å². The molecular formula is C52H72F2N8O8. The Bertz CT molecular complexity index is 1980. The molecule has 1 unspecified atom stereocenters. The molecule has 0 saturated carbocycles. The van der Waals surface area contributed by atoms with Gasteiger partial charge in [-0.2, -0.15) is 0 Å². The molecule has 0 spiro atoms. The molecule has 0 bridgehead atoms. The number of nitrogens with zero attached hydrogens (tertiary/aromatic N) is 4. The number of carbonyl (C=O) groups is 6. The molecule has 2 aliphatic rings. The van der Waals surface area contributed by atoms with Gasteiger partial charge in [-0.1, -0.05) is 72.5 Å². The fourth-order valence-corrected chi connectivity index (χ4v) is 8.40. The molecular weight excluding hydrogens is 903 g/mol. The Morgan fingerprint density at radius 1 is 0.629 bits per heavy atom. The van der Waals surface area contributed by atoms with Crippen LogP contribution >= 0.6 is 0 Å². The van der Waals surface area contributed by atoms with Gasteiger partial charge in [0.05, 0.1) is 24.3 Å². The number of likely N-dealkylation sites (N-methyl/N-ethyl adjacent to an activating group) is 2. The van der Waals surface area contributed by atoms with E-state index in [1.165, 1.54) is 9.80 Å². The van der Waals surface area contributed by atoms with Crippen LogP contribution in [0.2, 0.25) is 0 Å². The van der Waals surface area contributed by atoms with Crippen molar-refractivity contribution in [3.63, 3.8) is 0 Å². The van der Waals surface area contributed by atoms with Crippen molar-refractivity contribution in [3.05, 3.63) is 71.8 Å². The third-order valence-corrected chi connectivity index (χ3v) is 12.9. The molecule has 16 nitrogen and oxygen atoms in total. The Morgan fingerprint density at radius 2 is 1.00 bits per heavy atom. The van der Waals surface area contributed by atoms with Gasteiger partial charge >= 0.3 is 0 Å². The number of rotatable bonds is 26. The summed E-state index contributed by atoms with van der Waals surface area (Å²) < 4.78 is 39.4. The minimum atomic E-state index is -1.15. The summed E-state index contributed by atoms with van der Waals surface area (Å²) in [5.74, 6) is 8.09. The third kappa shape index (κ3) is 17.5. The Hall–Kier alpha value is -5.92. The molecule has 0 aliphatic carbocycles. The summed E-state index contributed by atoms with van der Waals surface area (Å²) in [5, 5.41) is 11.4. The van der Waals surface area contributed by atoms with Gasteiger partial charge in [0.2, 0.25) is 23.6 Å². The molecule has 0 aromatic heterocycles. The van der Waals surface area contributed by atoms with Gasteiger partial charge in [0.1, 0.15) is 25.3 Å². The molecule has 2 aromatic rings. The highest BCUT2D eigenvalue weighted by Crippen LogP contribution is 2.23. The van der Waals surface area contributed by atoms with Crippen LogP contribution in [0.25, 0.3) is 0 Å². The summed E-state index contributed by atoms with van der Waals surface area (Å²) in [7, 11) is 3.26. The molecule has 2 saturated heterocycles. The van der Waals surface area contributed by atoms with Crippen LogP contribution in [0, 0.1) is 23.7 Å². The van der Waals surface area contributed by atoms with Gasteiger partial charge in [0.25, 0.3) is 11.8 Å². The van der Waals surface area contributed by atoms with E-state index in [0.717, 1.165) is 11.1 Å². The molecule has 382 valence electrons. The van der Waals surface area contributed by atoms with E-state index < -0.39 is 85.4 Å². The molecule has 4 rings (SSSR count). The minimum Gasteiger partial charge on any atom is -0.363 e. The van der Waals surface area contributed by atoms with Gasteiger partial charge in [-0.05, 0) is 103 Å². The Morgan fingerprint density at radius 3 is 1.34 bits per heavy atom. The Labute approximate surface area is 412 Å². The van der Waals surface area contributed by atoms with E-state index in [0.29, 0.717) is 51.6 Å². The molecule has 8 atom stereocenters. The first-order valence-electron chi connectivity index (χ1n) is 24.2. The third-order valence-electron chi connectivity index (χ3n) is 12.9. The lowest BCUT2D eigenvalue weighted by Gasteiger charge is -2.34. The van der Waals surface area contributed by atoms with Gasteiger partial charge in [-0.15, -0.1) is 0 Å². The number of nitrogens with one attached hydrogen (secondary N) is 4. The largest absolute Gasteiger partial charge is 0.363 e. The Kier molecular flexibility index (Phi) is 24.3. The number of alkyl halides is 2. The number of benzene rings is 2. The van der Waals surface area contributed by atoms with Crippen molar-refractivity contribution in [2.45, 2.75) is 115 Å². The second-order valence-electron chi connectivity index (χ2n) is 17.7. The number of ether oxygens (including phenoxy) is 2. The summed E-state index contributed by atoms with van der Waals surface area (Å²) in [6, 6.07) is 14.9. The molecule has 2 fully saturated rings. The van der Waals surface area contributed by atoms with Crippen LogP contribution in [0.3, 0.4) is 0 Å². The van der Waals surface area contributed by atoms with E-state index >= 15 is 0 Å². The maximum Gasteiger partial charge on any atom is 0.254 e. The topological polar surface area (TPSA) is 182 Å². The first-order valence-corrected chi connectivity index (χ1v) is 24.2. The molecule has 0 radical (unpaired) electrons. The van der Waals surface area contributed by atoms with Gasteiger partial charge in [0, 0.05) is 51.4 Å². The predicted octanol–water partition coefficient (Wildman–Crippen LogP) is 2.05. The lowest BCUT2D eigenvalue weighted by atomic mass is 10.1. The monoisotopic (exact) mass is 975 g/mol. The van der Waals surface area contributed by atoms with Gasteiger partial charge < -0.3 is 50.3 Å². The molecule has 2 aromatic carbocycles. The summed E-state index contributed by atoms with van der Waals surface area (Å²) >= 11 is 0. The maximum atomic E-state index is 14.2. The van der Waals surface area contributed by atoms with Crippen LogP contribution in [0.1, 0.15) is 64.5 Å². The minimum absolute atomic E-state index is 0.139. The zero-order chi connectivity index (χ0) is 51.0. The Balaban J connectivity index is 1.37. The second kappa shape index (κ2) is 30.0. The molecule has 2 heterocycles. The predicted molar refractivity (Wildman–Crippen MR) is 262 cm³/mol. The number of halogens is 2. The van der Waals surface area contributed by atoms with Crippen molar-refractivity contribution in [1.29, 1.82) is 0 Å². The van der Waals surface area contributed by atoms with Crippen LogP contribution in [0.5, 0.6) is 0 Å². The molecule has 4 N–H and O–H groups in total. The lowest BCUT2D eigenvalue weighted by Crippen LogP contribution is -2.59. The number of hydrogen-bond acceptors (Lipinski definition) is 10. The SMILES string of the molecule is CN[C@@H](C)C(=O)NC(C(=O)N1CCC[C@H]1CN(CCc1ccccc1)C(=O)CF)[C@H](C)OCC#CC#CCO[C@@H](C)[C@H](NC(=O)[C@@H](C)NC)C(=O)N1CCC[C@H]1CN(CCc1ccccc1)C(=O)CF. The summed E-state index contributed by atoms with van der Waals surface area (Å²) in [4.78, 5) is 86.3. The highest BCUT2D eigenvalue weighted by Gasteiger charge is 2.40. The quantitative estimate of drug-likeness (QED) is 0.102. The molecule has 70 heavy (non-hydrogen) atoms. The van der Waals surface area contributed by atoms with E-state index in [2.05, 4.69) is 44.9 Å². The highest BCUT2D eigenvalue weighted by molar-refractivity contribution is 5.91. The number of amides is 6. The van der Waals surface area contributed by atoms with Gasteiger partial charge in [-0.3, -0.25) is 28.8 Å². The summed E-state index contributed by atoms with van der Waals surface area (Å²) in [6.07, 6.45) is 1.93. The standard InChI is InChI=1S/C52H72F2N8O8/c1-37(55-5)49(65)57-47(51(67)61-27-17-23-43(61)35-59(45(63)33-53)29-25-41-19-11-9-12-20-41)39(3)69-31-15-7-8-16-32-70-40(4)48(58-50(66)38(2)56-6)52(68)62-28-18-24-44(62)36-60(46(64)34-54)30-26-42-21-13-10-14-22-42/h9-14,19-22,37-40,43-44,47-48,55-56H,17-18,23-36H2,1-6H3,(H,57,65)(H,58,66)/t37-,38+,39-,40-,43-,44-,47?,48-/m0/s1.